The Kier molecular flexibility index (Phi) is 7.12. The van der Waals surface area contributed by atoms with Crippen molar-refractivity contribution in [1.82, 2.24) is 0 Å². The van der Waals surface area contributed by atoms with E-state index in [-0.39, 0.29) is 5.97 Å². The first-order chi connectivity index (χ1) is 9.52. The maximum atomic E-state index is 9.82. The van der Waals surface area contributed by atoms with Crippen molar-refractivity contribution in [3.8, 4) is 10.8 Å². The molecule has 0 fully saturated rings. The molecule has 0 saturated carbocycles. The number of hydrogen-bond acceptors (Lipinski definition) is 4. The van der Waals surface area contributed by atoms with Crippen LogP contribution < -0.4 is 4.74 Å². The molecule has 0 saturated heterocycles. The first kappa shape index (κ1) is 16.5. The summed E-state index contributed by atoms with van der Waals surface area (Å²) in [7, 11) is 0. The van der Waals surface area contributed by atoms with Gasteiger partial charge in [-0.2, -0.15) is 0 Å². The molecule has 2 aromatic rings. The Labute approximate surface area is 128 Å². The average molecular weight is 313 g/mol. The number of benzene rings is 1. The standard InChI is InChI=1S/C11H9ClOS.C4H8O2/c1-8-7-9(12)4-5-10(8)13-11-3-2-6-14-11;1-3-6-4(2)5/h2-7H,1H3;3H2,1-2H3. The summed E-state index contributed by atoms with van der Waals surface area (Å²) in [6.45, 7) is 5.63. The highest BCUT2D eigenvalue weighted by Gasteiger charge is 2.02. The maximum absolute atomic E-state index is 9.82. The third-order valence-corrected chi connectivity index (χ3v) is 3.17. The number of thiophene rings is 1. The van der Waals surface area contributed by atoms with E-state index in [0.717, 1.165) is 21.4 Å². The van der Waals surface area contributed by atoms with Crippen molar-refractivity contribution in [3.05, 3.63) is 46.3 Å². The second kappa shape index (κ2) is 8.61. The Morgan fingerprint density at radius 2 is 2.10 bits per heavy atom. The summed E-state index contributed by atoms with van der Waals surface area (Å²) in [6, 6.07) is 9.52. The summed E-state index contributed by atoms with van der Waals surface area (Å²) in [5.41, 5.74) is 1.05. The summed E-state index contributed by atoms with van der Waals surface area (Å²) in [5, 5.41) is 3.62. The highest BCUT2D eigenvalue weighted by atomic mass is 35.5. The van der Waals surface area contributed by atoms with Crippen LogP contribution in [0.3, 0.4) is 0 Å². The molecule has 0 atom stereocenters. The molecule has 2 rings (SSSR count). The lowest BCUT2D eigenvalue weighted by molar-refractivity contribution is -0.140. The molecule has 0 N–H and O–H groups in total. The van der Waals surface area contributed by atoms with Gasteiger partial charge >= 0.3 is 5.97 Å². The Hall–Kier alpha value is -1.52. The molecular weight excluding hydrogens is 296 g/mol. The fourth-order valence-electron chi connectivity index (χ4n) is 1.36. The van der Waals surface area contributed by atoms with Gasteiger partial charge < -0.3 is 9.47 Å². The summed E-state index contributed by atoms with van der Waals surface area (Å²) in [5.74, 6) is 0.648. The van der Waals surface area contributed by atoms with E-state index in [2.05, 4.69) is 4.74 Å². The number of hydrogen-bond donors (Lipinski definition) is 0. The summed E-state index contributed by atoms with van der Waals surface area (Å²) in [6.07, 6.45) is 0. The number of halogens is 1. The number of carbonyl (C=O) groups is 1. The summed E-state index contributed by atoms with van der Waals surface area (Å²) < 4.78 is 10.1. The molecule has 3 nitrogen and oxygen atoms in total. The second-order valence-corrected chi connectivity index (χ2v) is 5.22. The molecule has 0 radical (unpaired) electrons. The fourth-order valence-corrected chi connectivity index (χ4v) is 2.17. The van der Waals surface area contributed by atoms with Crippen LogP contribution in [-0.2, 0) is 9.53 Å². The van der Waals surface area contributed by atoms with Gasteiger partial charge in [-0.3, -0.25) is 4.79 Å². The molecule has 1 heterocycles. The van der Waals surface area contributed by atoms with Crippen molar-refractivity contribution in [1.29, 1.82) is 0 Å². The van der Waals surface area contributed by atoms with E-state index in [9.17, 15) is 4.79 Å². The zero-order valence-corrected chi connectivity index (χ0v) is 13.3. The molecule has 0 unspecified atom stereocenters. The Morgan fingerprint density at radius 1 is 1.35 bits per heavy atom. The van der Waals surface area contributed by atoms with Crippen LogP contribution in [0.1, 0.15) is 19.4 Å². The number of ether oxygens (including phenoxy) is 2. The van der Waals surface area contributed by atoms with Crippen LogP contribution in [0.5, 0.6) is 10.8 Å². The summed E-state index contributed by atoms with van der Waals surface area (Å²) >= 11 is 7.42. The molecule has 0 amide bonds. The number of aryl methyl sites for hydroxylation is 1. The molecule has 108 valence electrons. The minimum absolute atomic E-state index is 0.211. The van der Waals surface area contributed by atoms with Gasteiger partial charge in [0.25, 0.3) is 0 Å². The van der Waals surface area contributed by atoms with Crippen molar-refractivity contribution >= 4 is 28.9 Å². The van der Waals surface area contributed by atoms with Gasteiger partial charge in [-0.25, -0.2) is 0 Å². The molecule has 0 aliphatic carbocycles. The monoisotopic (exact) mass is 312 g/mol. The molecule has 0 aliphatic rings. The quantitative estimate of drug-likeness (QED) is 0.742. The SMILES string of the molecule is CCOC(C)=O.Cc1cc(Cl)ccc1Oc1cccs1. The topological polar surface area (TPSA) is 35.5 Å². The van der Waals surface area contributed by atoms with Gasteiger partial charge in [0.1, 0.15) is 5.75 Å². The molecule has 1 aromatic carbocycles. The lowest BCUT2D eigenvalue weighted by Gasteiger charge is -2.06. The third kappa shape index (κ3) is 6.08. The molecule has 1 aromatic heterocycles. The van der Waals surface area contributed by atoms with Crippen LogP contribution in [0.4, 0.5) is 0 Å². The minimum atomic E-state index is -0.211. The average Bonchev–Trinajstić information content (AvgIpc) is 2.86. The van der Waals surface area contributed by atoms with Crippen molar-refractivity contribution in [2.75, 3.05) is 6.61 Å². The van der Waals surface area contributed by atoms with E-state index in [1.165, 1.54) is 6.92 Å². The predicted molar refractivity (Wildman–Crippen MR) is 82.9 cm³/mol. The number of esters is 1. The largest absolute Gasteiger partial charge is 0.466 e. The van der Waals surface area contributed by atoms with Crippen molar-refractivity contribution < 1.29 is 14.3 Å². The smallest absolute Gasteiger partial charge is 0.302 e. The normalized spacial score (nSPS) is 9.40. The van der Waals surface area contributed by atoms with E-state index in [1.54, 1.807) is 18.3 Å². The Balaban J connectivity index is 0.000000286. The van der Waals surface area contributed by atoms with Gasteiger partial charge in [-0.05, 0) is 55.1 Å². The highest BCUT2D eigenvalue weighted by molar-refractivity contribution is 7.11. The fraction of sp³-hybridized carbons (Fsp3) is 0.267. The molecule has 0 spiro atoms. The molecular formula is C15H17ClO3S. The van der Waals surface area contributed by atoms with Crippen molar-refractivity contribution in [2.24, 2.45) is 0 Å². The van der Waals surface area contributed by atoms with Gasteiger partial charge in [0.05, 0.1) is 6.61 Å². The van der Waals surface area contributed by atoms with E-state index in [4.69, 9.17) is 16.3 Å². The van der Waals surface area contributed by atoms with E-state index >= 15 is 0 Å². The Morgan fingerprint density at radius 3 is 2.55 bits per heavy atom. The van der Waals surface area contributed by atoms with E-state index < -0.39 is 0 Å². The summed E-state index contributed by atoms with van der Waals surface area (Å²) in [4.78, 5) is 9.82. The predicted octanol–water partition coefficient (Wildman–Crippen LogP) is 5.07. The van der Waals surface area contributed by atoms with E-state index in [1.807, 2.05) is 42.6 Å². The third-order valence-electron chi connectivity index (χ3n) is 2.19. The zero-order valence-electron chi connectivity index (χ0n) is 11.7. The lowest BCUT2D eigenvalue weighted by Crippen LogP contribution is -1.95. The van der Waals surface area contributed by atoms with Crippen molar-refractivity contribution in [3.63, 3.8) is 0 Å². The van der Waals surface area contributed by atoms with Crippen molar-refractivity contribution in [2.45, 2.75) is 20.8 Å². The van der Waals surface area contributed by atoms with Crippen LogP contribution in [-0.4, -0.2) is 12.6 Å². The van der Waals surface area contributed by atoms with Crippen LogP contribution in [0.2, 0.25) is 5.02 Å². The first-order valence-corrected chi connectivity index (χ1v) is 7.39. The maximum Gasteiger partial charge on any atom is 0.302 e. The van der Waals surface area contributed by atoms with Crippen LogP contribution in [0, 0.1) is 6.92 Å². The van der Waals surface area contributed by atoms with E-state index in [0.29, 0.717) is 6.61 Å². The van der Waals surface area contributed by atoms with Crippen LogP contribution in [0.25, 0.3) is 0 Å². The molecule has 0 bridgehead atoms. The van der Waals surface area contributed by atoms with Crippen LogP contribution in [0.15, 0.2) is 35.7 Å². The first-order valence-electron chi connectivity index (χ1n) is 6.13. The minimum Gasteiger partial charge on any atom is -0.466 e. The van der Waals surface area contributed by atoms with Gasteiger partial charge in [-0.15, -0.1) is 11.3 Å². The molecule has 0 aliphatic heterocycles. The van der Waals surface area contributed by atoms with Gasteiger partial charge in [0.2, 0.25) is 0 Å². The number of carbonyl (C=O) groups excluding carboxylic acids is 1. The van der Waals surface area contributed by atoms with Gasteiger partial charge in [0.15, 0.2) is 5.06 Å². The van der Waals surface area contributed by atoms with Gasteiger partial charge in [-0.1, -0.05) is 11.6 Å². The second-order valence-electron chi connectivity index (χ2n) is 3.87. The molecule has 5 heteroatoms. The lowest BCUT2D eigenvalue weighted by atomic mass is 10.2. The highest BCUT2D eigenvalue weighted by Crippen LogP contribution is 2.29. The Bertz CT molecular complexity index is 538. The number of rotatable bonds is 3. The molecule has 20 heavy (non-hydrogen) atoms. The van der Waals surface area contributed by atoms with Crippen LogP contribution >= 0.6 is 22.9 Å². The van der Waals surface area contributed by atoms with Gasteiger partial charge in [0, 0.05) is 11.9 Å². The zero-order chi connectivity index (χ0) is 15.0.